The summed E-state index contributed by atoms with van der Waals surface area (Å²) in [5, 5.41) is 9.97. The van der Waals surface area contributed by atoms with Crippen molar-refractivity contribution in [2.45, 2.75) is 38.7 Å². The molecule has 1 rings (SSSR count). The van der Waals surface area contributed by atoms with Gasteiger partial charge in [-0.25, -0.2) is 4.79 Å². The first kappa shape index (κ1) is 17.9. The molecule has 0 spiro atoms. The van der Waals surface area contributed by atoms with Crippen LogP contribution in [0.5, 0.6) is 0 Å². The van der Waals surface area contributed by atoms with Crippen molar-refractivity contribution in [2.75, 3.05) is 0 Å². The molecule has 8 heteroatoms. The zero-order valence-electron chi connectivity index (χ0n) is 12.2. The Morgan fingerprint density at radius 3 is 2.09 bits per heavy atom. The number of carbonyl (C=O) groups excluding carboxylic acids is 1. The molecule has 0 aliphatic carbocycles. The Labute approximate surface area is 124 Å². The van der Waals surface area contributed by atoms with Crippen molar-refractivity contribution in [1.82, 2.24) is 0 Å². The minimum atomic E-state index is -4.51. The van der Waals surface area contributed by atoms with Gasteiger partial charge in [0.1, 0.15) is 5.60 Å². The zero-order chi connectivity index (χ0) is 17.1. The van der Waals surface area contributed by atoms with Crippen LogP contribution in [0.1, 0.15) is 38.0 Å². The lowest BCUT2D eigenvalue weighted by atomic mass is 10.0. The van der Waals surface area contributed by atoms with Gasteiger partial charge in [0.2, 0.25) is 0 Å². The quantitative estimate of drug-likeness (QED) is 0.403. The number of hydrogen-bond acceptors (Lipinski definition) is 3. The van der Waals surface area contributed by atoms with Crippen molar-refractivity contribution < 1.29 is 32.6 Å². The molecule has 0 aliphatic heterocycles. The van der Waals surface area contributed by atoms with Gasteiger partial charge in [0, 0.05) is 0 Å². The lowest BCUT2D eigenvalue weighted by Crippen LogP contribution is -2.32. The Balaban J connectivity index is 3.01. The number of ether oxygens (including phenoxy) is 1. The van der Waals surface area contributed by atoms with Crippen molar-refractivity contribution in [3.63, 3.8) is 0 Å². The molecule has 0 unspecified atom stereocenters. The SMILES string of the molecule is CC(C)(C)OC(=O)C(=[N+]=[N-])[C@H](O)c1ccc(C(F)(F)F)cc1. The van der Waals surface area contributed by atoms with Gasteiger partial charge in [0.25, 0.3) is 0 Å². The summed E-state index contributed by atoms with van der Waals surface area (Å²) in [6.07, 6.45) is -6.22. The summed E-state index contributed by atoms with van der Waals surface area (Å²) in [7, 11) is 0. The zero-order valence-corrected chi connectivity index (χ0v) is 12.2. The Kier molecular flexibility index (Phi) is 5.11. The molecule has 0 amide bonds. The molecule has 0 aromatic heterocycles. The summed E-state index contributed by atoms with van der Waals surface area (Å²) in [4.78, 5) is 14.5. The summed E-state index contributed by atoms with van der Waals surface area (Å²) in [5.74, 6) is -1.07. The molecule has 0 bridgehead atoms. The molecule has 0 saturated heterocycles. The van der Waals surface area contributed by atoms with Gasteiger partial charge in [-0.1, -0.05) is 12.1 Å². The van der Waals surface area contributed by atoms with Crippen molar-refractivity contribution in [3.8, 4) is 0 Å². The Morgan fingerprint density at radius 1 is 1.23 bits per heavy atom. The molecule has 1 N–H and O–H groups in total. The standard InChI is InChI=1S/C14H15F3N2O3/c1-13(2,3)22-12(21)10(19-18)11(20)8-4-6-9(7-5-8)14(15,16)17/h4-7,11,20H,1-3H3/t11-/m1/s1. The van der Waals surface area contributed by atoms with E-state index in [4.69, 9.17) is 10.3 Å². The van der Waals surface area contributed by atoms with E-state index in [-0.39, 0.29) is 5.56 Å². The number of nitrogens with zero attached hydrogens (tertiary/aromatic N) is 2. The molecular formula is C14H15F3N2O3. The largest absolute Gasteiger partial charge is 0.451 e. The van der Waals surface area contributed by atoms with Gasteiger partial charge in [-0.15, -0.1) is 0 Å². The number of rotatable bonds is 3. The maximum atomic E-state index is 12.5. The van der Waals surface area contributed by atoms with Gasteiger partial charge in [-0.2, -0.15) is 18.0 Å². The highest BCUT2D eigenvalue weighted by atomic mass is 19.4. The average Bonchev–Trinajstić information content (AvgIpc) is 2.36. The van der Waals surface area contributed by atoms with Crippen LogP contribution >= 0.6 is 0 Å². The number of carbonyl (C=O) groups is 1. The van der Waals surface area contributed by atoms with E-state index in [2.05, 4.69) is 4.79 Å². The second kappa shape index (κ2) is 6.29. The molecule has 120 valence electrons. The monoisotopic (exact) mass is 316 g/mol. The van der Waals surface area contributed by atoms with E-state index in [0.29, 0.717) is 0 Å². The number of benzene rings is 1. The fraction of sp³-hybridized carbons (Fsp3) is 0.429. The number of hydrogen-bond donors (Lipinski definition) is 1. The van der Waals surface area contributed by atoms with Crippen LogP contribution in [-0.4, -0.2) is 27.2 Å². The van der Waals surface area contributed by atoms with Crippen LogP contribution in [0.3, 0.4) is 0 Å². The minimum absolute atomic E-state index is 0.0355. The lowest BCUT2D eigenvalue weighted by Gasteiger charge is -2.18. The van der Waals surface area contributed by atoms with Gasteiger partial charge in [0.15, 0.2) is 6.10 Å². The van der Waals surface area contributed by atoms with Crippen LogP contribution in [0, 0.1) is 0 Å². The third-order valence-electron chi connectivity index (χ3n) is 2.53. The first-order valence-corrected chi connectivity index (χ1v) is 6.26. The maximum absolute atomic E-state index is 12.5. The first-order chi connectivity index (χ1) is 9.95. The second-order valence-electron chi connectivity index (χ2n) is 5.51. The van der Waals surface area contributed by atoms with Crippen LogP contribution in [-0.2, 0) is 15.7 Å². The highest BCUT2D eigenvalue weighted by molar-refractivity contribution is 6.35. The van der Waals surface area contributed by atoms with E-state index in [1.54, 1.807) is 20.8 Å². The molecule has 0 heterocycles. The predicted molar refractivity (Wildman–Crippen MR) is 70.9 cm³/mol. The number of alkyl halides is 3. The average molecular weight is 316 g/mol. The van der Waals surface area contributed by atoms with E-state index in [0.717, 1.165) is 24.3 Å². The van der Waals surface area contributed by atoms with Gasteiger partial charge in [-0.3, -0.25) is 0 Å². The molecule has 0 aliphatic rings. The number of halogens is 3. The van der Waals surface area contributed by atoms with E-state index in [1.807, 2.05) is 0 Å². The third-order valence-corrected chi connectivity index (χ3v) is 2.53. The van der Waals surface area contributed by atoms with E-state index < -0.39 is 35.1 Å². The number of aliphatic hydroxyl groups is 1. The molecule has 22 heavy (non-hydrogen) atoms. The van der Waals surface area contributed by atoms with Gasteiger partial charge >= 0.3 is 17.9 Å². The molecule has 1 aromatic rings. The predicted octanol–water partition coefficient (Wildman–Crippen LogP) is 2.75. The molecule has 5 nitrogen and oxygen atoms in total. The molecule has 1 atom stereocenters. The first-order valence-electron chi connectivity index (χ1n) is 6.26. The number of esters is 1. The molecular weight excluding hydrogens is 301 g/mol. The topological polar surface area (TPSA) is 82.9 Å². The van der Waals surface area contributed by atoms with Gasteiger partial charge in [-0.05, 0) is 38.5 Å². The van der Waals surface area contributed by atoms with Crippen molar-refractivity contribution in [2.24, 2.45) is 0 Å². The summed E-state index contributed by atoms with van der Waals surface area (Å²) >= 11 is 0. The van der Waals surface area contributed by atoms with Crippen molar-refractivity contribution >= 4 is 11.7 Å². The molecule has 1 aromatic carbocycles. The van der Waals surface area contributed by atoms with Crippen LogP contribution in [0.15, 0.2) is 24.3 Å². The van der Waals surface area contributed by atoms with Gasteiger partial charge in [0.05, 0.1) is 5.56 Å². The maximum Gasteiger partial charge on any atom is 0.420 e. The molecule has 0 radical (unpaired) electrons. The van der Waals surface area contributed by atoms with Crippen LogP contribution in [0.4, 0.5) is 13.2 Å². The fourth-order valence-electron chi connectivity index (χ4n) is 1.55. The Hall–Kier alpha value is -2.18. The lowest BCUT2D eigenvalue weighted by molar-refractivity contribution is -0.152. The summed E-state index contributed by atoms with van der Waals surface area (Å²) < 4.78 is 42.3. The van der Waals surface area contributed by atoms with Crippen LogP contribution in [0.2, 0.25) is 0 Å². The number of aliphatic hydroxyl groups excluding tert-OH is 1. The minimum Gasteiger partial charge on any atom is -0.451 e. The fourth-order valence-corrected chi connectivity index (χ4v) is 1.55. The van der Waals surface area contributed by atoms with E-state index in [1.165, 1.54) is 0 Å². The summed E-state index contributed by atoms with van der Waals surface area (Å²) in [6, 6.07) is 3.48. The summed E-state index contributed by atoms with van der Waals surface area (Å²) in [6.45, 7) is 4.72. The van der Waals surface area contributed by atoms with Crippen molar-refractivity contribution in [3.05, 3.63) is 40.9 Å². The van der Waals surface area contributed by atoms with Crippen LogP contribution < -0.4 is 0 Å². The van der Waals surface area contributed by atoms with Crippen molar-refractivity contribution in [1.29, 1.82) is 0 Å². The highest BCUT2D eigenvalue weighted by Crippen LogP contribution is 2.30. The van der Waals surface area contributed by atoms with Gasteiger partial charge < -0.3 is 15.4 Å². The van der Waals surface area contributed by atoms with Crippen LogP contribution in [0.25, 0.3) is 5.53 Å². The van der Waals surface area contributed by atoms with E-state index >= 15 is 0 Å². The second-order valence-corrected chi connectivity index (χ2v) is 5.51. The Bertz CT molecular complexity index is 597. The molecule has 0 saturated carbocycles. The third kappa shape index (κ3) is 4.68. The summed E-state index contributed by atoms with van der Waals surface area (Å²) in [5.41, 5.74) is 6.33. The Morgan fingerprint density at radius 2 is 1.73 bits per heavy atom. The van der Waals surface area contributed by atoms with E-state index in [9.17, 15) is 23.1 Å². The smallest absolute Gasteiger partial charge is 0.420 e. The highest BCUT2D eigenvalue weighted by Gasteiger charge is 2.36. The normalized spacial score (nSPS) is 13.2. The molecule has 0 fully saturated rings.